The Balaban J connectivity index is 1.62. The summed E-state index contributed by atoms with van der Waals surface area (Å²) in [6.45, 7) is 2.81. The van der Waals surface area contributed by atoms with E-state index in [1.807, 2.05) is 30.5 Å². The largest absolute Gasteiger partial charge is 0.497 e. The van der Waals surface area contributed by atoms with Crippen molar-refractivity contribution in [2.24, 2.45) is 0 Å². The third-order valence-corrected chi connectivity index (χ3v) is 3.69. The lowest BCUT2D eigenvalue weighted by atomic mass is 10.1. The van der Waals surface area contributed by atoms with Crippen LogP contribution >= 0.6 is 0 Å². The molecule has 0 saturated heterocycles. The average Bonchev–Trinajstić information content (AvgIpc) is 3.14. The molecule has 2 heterocycles. The van der Waals surface area contributed by atoms with Crippen molar-refractivity contribution in [1.82, 2.24) is 25.3 Å². The van der Waals surface area contributed by atoms with Crippen LogP contribution in [-0.4, -0.2) is 27.1 Å². The molecule has 0 aliphatic carbocycles. The molecule has 1 aromatic carbocycles. The maximum absolute atomic E-state index is 5.21. The Kier molecular flexibility index (Phi) is 4.63. The molecule has 23 heavy (non-hydrogen) atoms. The minimum Gasteiger partial charge on any atom is -0.497 e. The summed E-state index contributed by atoms with van der Waals surface area (Å²) in [6.07, 6.45) is 5.25. The number of nitrogens with one attached hydrogen (secondary N) is 1. The van der Waals surface area contributed by atoms with Gasteiger partial charge in [0.2, 0.25) is 0 Å². The molecule has 1 N–H and O–H groups in total. The fourth-order valence-electron chi connectivity index (χ4n) is 2.32. The molecule has 0 saturated carbocycles. The maximum Gasteiger partial charge on any atom is 0.122 e. The zero-order chi connectivity index (χ0) is 16.1. The number of benzene rings is 1. The number of hydrogen-bond donors (Lipinski definition) is 1. The quantitative estimate of drug-likeness (QED) is 0.758. The van der Waals surface area contributed by atoms with Crippen molar-refractivity contribution in [3.05, 3.63) is 66.2 Å². The smallest absolute Gasteiger partial charge is 0.122 e. The lowest BCUT2D eigenvalue weighted by Crippen LogP contribution is -2.18. The molecule has 0 unspecified atom stereocenters. The summed E-state index contributed by atoms with van der Waals surface area (Å²) in [7, 11) is 1.66. The molecular formula is C17H19N5O. The predicted molar refractivity (Wildman–Crippen MR) is 87.4 cm³/mol. The minimum absolute atomic E-state index is 0.216. The normalized spacial score (nSPS) is 12.1. The Morgan fingerprint density at radius 3 is 2.70 bits per heavy atom. The van der Waals surface area contributed by atoms with Crippen LogP contribution in [0, 0.1) is 0 Å². The summed E-state index contributed by atoms with van der Waals surface area (Å²) in [6, 6.07) is 12.2. The van der Waals surface area contributed by atoms with E-state index in [2.05, 4.69) is 39.7 Å². The van der Waals surface area contributed by atoms with E-state index in [1.165, 1.54) is 5.56 Å². The third kappa shape index (κ3) is 3.73. The Bertz CT molecular complexity index is 740. The van der Waals surface area contributed by atoms with Crippen LogP contribution in [0.2, 0.25) is 0 Å². The number of rotatable bonds is 6. The first-order chi connectivity index (χ1) is 11.3. The van der Waals surface area contributed by atoms with Crippen LogP contribution in [-0.2, 0) is 6.54 Å². The molecule has 0 aliphatic heterocycles. The molecule has 0 fully saturated rings. The standard InChI is InChI=1S/C17H19N5O/c1-13(19-12-15-11-17(23-2)7-8-18-15)14-3-5-16(6-4-14)22-10-9-20-21-22/h3-11,13,19H,12H2,1-2H3/t13-/m1/s1. The Morgan fingerprint density at radius 1 is 1.17 bits per heavy atom. The van der Waals surface area contributed by atoms with Crippen molar-refractivity contribution in [3.63, 3.8) is 0 Å². The van der Waals surface area contributed by atoms with E-state index in [1.54, 1.807) is 24.2 Å². The Morgan fingerprint density at radius 2 is 2.00 bits per heavy atom. The third-order valence-electron chi connectivity index (χ3n) is 3.69. The molecule has 3 rings (SSSR count). The number of pyridine rings is 1. The maximum atomic E-state index is 5.21. The van der Waals surface area contributed by atoms with Crippen LogP contribution in [0.3, 0.4) is 0 Å². The van der Waals surface area contributed by atoms with Gasteiger partial charge in [0, 0.05) is 24.8 Å². The van der Waals surface area contributed by atoms with E-state index in [0.29, 0.717) is 6.54 Å². The molecule has 0 radical (unpaired) electrons. The van der Waals surface area contributed by atoms with Gasteiger partial charge >= 0.3 is 0 Å². The summed E-state index contributed by atoms with van der Waals surface area (Å²) < 4.78 is 6.95. The molecule has 0 amide bonds. The number of methoxy groups -OCH3 is 1. The predicted octanol–water partition coefficient (Wildman–Crippen LogP) is 2.52. The van der Waals surface area contributed by atoms with E-state index in [-0.39, 0.29) is 6.04 Å². The second-order valence-corrected chi connectivity index (χ2v) is 5.23. The highest BCUT2D eigenvalue weighted by Crippen LogP contribution is 2.16. The van der Waals surface area contributed by atoms with Crippen LogP contribution in [0.5, 0.6) is 5.75 Å². The molecule has 2 aromatic heterocycles. The summed E-state index contributed by atoms with van der Waals surface area (Å²) in [4.78, 5) is 4.34. The van der Waals surface area contributed by atoms with Crippen molar-refractivity contribution in [3.8, 4) is 11.4 Å². The number of nitrogens with zero attached hydrogens (tertiary/aromatic N) is 4. The van der Waals surface area contributed by atoms with Gasteiger partial charge < -0.3 is 10.1 Å². The molecule has 3 aromatic rings. The summed E-state index contributed by atoms with van der Waals surface area (Å²) in [5.74, 6) is 0.821. The number of hydrogen-bond acceptors (Lipinski definition) is 5. The van der Waals surface area contributed by atoms with E-state index in [4.69, 9.17) is 4.74 Å². The summed E-state index contributed by atoms with van der Waals surface area (Å²) >= 11 is 0. The van der Waals surface area contributed by atoms with Gasteiger partial charge in [0.25, 0.3) is 0 Å². The van der Waals surface area contributed by atoms with E-state index >= 15 is 0 Å². The fourth-order valence-corrected chi connectivity index (χ4v) is 2.32. The monoisotopic (exact) mass is 309 g/mol. The second kappa shape index (κ2) is 7.02. The molecule has 0 bridgehead atoms. The highest BCUT2D eigenvalue weighted by Gasteiger charge is 2.06. The first-order valence-electron chi connectivity index (χ1n) is 7.45. The molecule has 6 heteroatoms. The van der Waals surface area contributed by atoms with Crippen LogP contribution in [0.1, 0.15) is 24.2 Å². The van der Waals surface area contributed by atoms with Gasteiger partial charge in [-0.2, -0.15) is 0 Å². The van der Waals surface area contributed by atoms with Crippen molar-refractivity contribution in [1.29, 1.82) is 0 Å². The minimum atomic E-state index is 0.216. The highest BCUT2D eigenvalue weighted by atomic mass is 16.5. The van der Waals surface area contributed by atoms with E-state index in [9.17, 15) is 0 Å². The summed E-state index contributed by atoms with van der Waals surface area (Å²) in [5.41, 5.74) is 3.15. The molecule has 0 aliphatic rings. The lowest BCUT2D eigenvalue weighted by Gasteiger charge is -2.15. The van der Waals surface area contributed by atoms with Crippen LogP contribution < -0.4 is 10.1 Å². The van der Waals surface area contributed by atoms with Crippen molar-refractivity contribution in [2.45, 2.75) is 19.5 Å². The van der Waals surface area contributed by atoms with Gasteiger partial charge in [-0.15, -0.1) is 5.10 Å². The van der Waals surface area contributed by atoms with Gasteiger partial charge in [0.15, 0.2) is 0 Å². The first kappa shape index (κ1) is 15.2. The van der Waals surface area contributed by atoms with Gasteiger partial charge in [-0.25, -0.2) is 4.68 Å². The zero-order valence-corrected chi connectivity index (χ0v) is 13.2. The van der Waals surface area contributed by atoms with Gasteiger partial charge in [-0.3, -0.25) is 4.98 Å². The molecular weight excluding hydrogens is 290 g/mol. The average molecular weight is 309 g/mol. The van der Waals surface area contributed by atoms with Crippen LogP contribution in [0.15, 0.2) is 55.0 Å². The molecule has 6 nitrogen and oxygen atoms in total. The van der Waals surface area contributed by atoms with Crippen LogP contribution in [0.4, 0.5) is 0 Å². The Hall–Kier alpha value is -2.73. The van der Waals surface area contributed by atoms with Crippen molar-refractivity contribution < 1.29 is 4.74 Å². The van der Waals surface area contributed by atoms with Crippen molar-refractivity contribution in [2.75, 3.05) is 7.11 Å². The van der Waals surface area contributed by atoms with Crippen LogP contribution in [0.25, 0.3) is 5.69 Å². The Labute approximate surface area is 135 Å². The van der Waals surface area contributed by atoms with E-state index in [0.717, 1.165) is 17.1 Å². The van der Waals surface area contributed by atoms with Gasteiger partial charge in [-0.1, -0.05) is 17.3 Å². The molecule has 118 valence electrons. The zero-order valence-electron chi connectivity index (χ0n) is 13.2. The first-order valence-corrected chi connectivity index (χ1v) is 7.45. The van der Waals surface area contributed by atoms with Gasteiger partial charge in [0.05, 0.1) is 30.9 Å². The number of ether oxygens (including phenoxy) is 1. The SMILES string of the molecule is COc1ccnc(CN[C@H](C)c2ccc(-n3ccnn3)cc2)c1. The van der Waals surface area contributed by atoms with Gasteiger partial charge in [-0.05, 0) is 30.7 Å². The highest BCUT2D eigenvalue weighted by molar-refractivity contribution is 5.34. The molecule has 0 spiro atoms. The van der Waals surface area contributed by atoms with Crippen molar-refractivity contribution >= 4 is 0 Å². The second-order valence-electron chi connectivity index (χ2n) is 5.23. The fraction of sp³-hybridized carbons (Fsp3) is 0.235. The summed E-state index contributed by atoms with van der Waals surface area (Å²) in [5, 5.41) is 11.3. The number of aromatic nitrogens is 4. The van der Waals surface area contributed by atoms with E-state index < -0.39 is 0 Å². The lowest BCUT2D eigenvalue weighted by molar-refractivity contribution is 0.413. The molecule has 1 atom stereocenters. The topological polar surface area (TPSA) is 64.9 Å². The van der Waals surface area contributed by atoms with Gasteiger partial charge in [0.1, 0.15) is 5.75 Å².